The first-order chi connectivity index (χ1) is 6.19. The van der Waals surface area contributed by atoms with E-state index in [0.717, 1.165) is 24.1 Å². The zero-order valence-corrected chi connectivity index (χ0v) is 8.00. The lowest BCUT2D eigenvalue weighted by atomic mass is 10.1. The molecule has 0 aliphatic heterocycles. The summed E-state index contributed by atoms with van der Waals surface area (Å²) in [6, 6.07) is 1.94. The molecule has 0 spiro atoms. The number of aromatic nitrogens is 1. The van der Waals surface area contributed by atoms with Crippen molar-refractivity contribution in [3.05, 3.63) is 29.1 Å². The molecule has 0 saturated carbocycles. The van der Waals surface area contributed by atoms with Crippen LogP contribution in [0.3, 0.4) is 0 Å². The average molecular weight is 178 g/mol. The van der Waals surface area contributed by atoms with Crippen molar-refractivity contribution in [3.63, 3.8) is 0 Å². The van der Waals surface area contributed by atoms with Crippen LogP contribution in [0.1, 0.15) is 35.5 Å². The summed E-state index contributed by atoms with van der Waals surface area (Å²) >= 11 is 0. The fraction of sp³-hybridized carbons (Fsp3) is 0.400. The Kier molecular flexibility index (Phi) is 3.01. The summed E-state index contributed by atoms with van der Waals surface area (Å²) < 4.78 is 0. The van der Waals surface area contributed by atoms with Gasteiger partial charge in [-0.3, -0.25) is 9.78 Å². The van der Waals surface area contributed by atoms with E-state index in [4.69, 9.17) is 5.73 Å². The Bertz CT molecular complexity index is 321. The Morgan fingerprint density at radius 2 is 2.15 bits per heavy atom. The largest absolute Gasteiger partial charge is 0.366 e. The molecular formula is C10H14N2O. The Morgan fingerprint density at radius 3 is 2.62 bits per heavy atom. The van der Waals surface area contributed by atoms with Crippen LogP contribution in [-0.2, 0) is 12.8 Å². The van der Waals surface area contributed by atoms with E-state index in [2.05, 4.69) is 4.98 Å². The molecule has 0 radical (unpaired) electrons. The van der Waals surface area contributed by atoms with Crippen molar-refractivity contribution in [2.45, 2.75) is 26.7 Å². The lowest BCUT2D eigenvalue weighted by Gasteiger charge is -2.05. The maximum Gasteiger partial charge on any atom is 0.250 e. The number of carbonyl (C=O) groups is 1. The first-order valence-corrected chi connectivity index (χ1v) is 4.46. The van der Waals surface area contributed by atoms with Crippen LogP contribution in [-0.4, -0.2) is 10.9 Å². The SMILES string of the molecule is CCc1cc(CC)c(C(N)=O)cn1. The molecule has 0 aliphatic carbocycles. The fourth-order valence-corrected chi connectivity index (χ4v) is 1.25. The molecular weight excluding hydrogens is 164 g/mol. The minimum Gasteiger partial charge on any atom is -0.366 e. The van der Waals surface area contributed by atoms with Gasteiger partial charge in [-0.1, -0.05) is 13.8 Å². The minimum absolute atomic E-state index is 0.396. The normalized spacial score (nSPS) is 10.0. The van der Waals surface area contributed by atoms with Crippen molar-refractivity contribution >= 4 is 5.91 Å². The Balaban J connectivity index is 3.15. The van der Waals surface area contributed by atoms with Crippen LogP contribution in [0.4, 0.5) is 0 Å². The molecule has 0 aliphatic rings. The van der Waals surface area contributed by atoms with E-state index >= 15 is 0 Å². The number of pyridine rings is 1. The van der Waals surface area contributed by atoms with Crippen molar-refractivity contribution in [2.24, 2.45) is 5.73 Å². The molecule has 0 atom stereocenters. The number of carbonyl (C=O) groups excluding carboxylic acids is 1. The smallest absolute Gasteiger partial charge is 0.250 e. The highest BCUT2D eigenvalue weighted by Crippen LogP contribution is 2.10. The molecule has 0 unspecified atom stereocenters. The molecule has 3 heteroatoms. The zero-order chi connectivity index (χ0) is 9.84. The summed E-state index contributed by atoms with van der Waals surface area (Å²) in [5.41, 5.74) is 7.73. The summed E-state index contributed by atoms with van der Waals surface area (Å²) in [4.78, 5) is 15.1. The highest BCUT2D eigenvalue weighted by molar-refractivity contribution is 5.94. The number of nitrogens with zero attached hydrogens (tertiary/aromatic N) is 1. The van der Waals surface area contributed by atoms with Gasteiger partial charge in [0.05, 0.1) is 5.56 Å². The minimum atomic E-state index is -0.396. The van der Waals surface area contributed by atoms with Gasteiger partial charge in [0, 0.05) is 11.9 Å². The number of hydrogen-bond donors (Lipinski definition) is 1. The third kappa shape index (κ3) is 2.05. The highest BCUT2D eigenvalue weighted by Gasteiger charge is 2.07. The topological polar surface area (TPSA) is 56.0 Å². The van der Waals surface area contributed by atoms with E-state index in [9.17, 15) is 4.79 Å². The Hall–Kier alpha value is -1.38. The van der Waals surface area contributed by atoms with Gasteiger partial charge >= 0.3 is 0 Å². The molecule has 1 amide bonds. The monoisotopic (exact) mass is 178 g/mol. The van der Waals surface area contributed by atoms with Gasteiger partial charge in [-0.15, -0.1) is 0 Å². The van der Waals surface area contributed by atoms with E-state index in [0.29, 0.717) is 5.56 Å². The van der Waals surface area contributed by atoms with Gasteiger partial charge in [0.15, 0.2) is 0 Å². The molecule has 13 heavy (non-hydrogen) atoms. The number of rotatable bonds is 3. The predicted molar refractivity (Wildman–Crippen MR) is 51.5 cm³/mol. The molecule has 70 valence electrons. The van der Waals surface area contributed by atoms with Gasteiger partial charge in [0.25, 0.3) is 5.91 Å². The lowest BCUT2D eigenvalue weighted by Crippen LogP contribution is -2.14. The second-order valence-electron chi connectivity index (χ2n) is 2.90. The van der Waals surface area contributed by atoms with Crippen molar-refractivity contribution in [3.8, 4) is 0 Å². The number of primary amides is 1. The van der Waals surface area contributed by atoms with Gasteiger partial charge < -0.3 is 5.73 Å². The number of hydrogen-bond acceptors (Lipinski definition) is 2. The van der Waals surface area contributed by atoms with E-state index in [1.165, 1.54) is 0 Å². The first kappa shape index (κ1) is 9.71. The van der Waals surface area contributed by atoms with Crippen molar-refractivity contribution in [2.75, 3.05) is 0 Å². The molecule has 1 heterocycles. The maximum atomic E-state index is 11.0. The third-order valence-corrected chi connectivity index (χ3v) is 2.05. The van der Waals surface area contributed by atoms with Crippen molar-refractivity contribution < 1.29 is 4.79 Å². The van der Waals surface area contributed by atoms with Crippen molar-refractivity contribution in [1.82, 2.24) is 4.98 Å². The van der Waals surface area contributed by atoms with Crippen LogP contribution in [0.2, 0.25) is 0 Å². The summed E-state index contributed by atoms with van der Waals surface area (Å²) in [6.07, 6.45) is 3.26. The summed E-state index contributed by atoms with van der Waals surface area (Å²) in [5, 5.41) is 0. The molecule has 0 aromatic carbocycles. The first-order valence-electron chi connectivity index (χ1n) is 4.46. The molecule has 1 rings (SSSR count). The Morgan fingerprint density at radius 1 is 1.46 bits per heavy atom. The summed E-state index contributed by atoms with van der Waals surface area (Å²) in [7, 11) is 0. The molecule has 1 aromatic heterocycles. The van der Waals surface area contributed by atoms with Gasteiger partial charge in [-0.2, -0.15) is 0 Å². The quantitative estimate of drug-likeness (QED) is 0.758. The Labute approximate surface area is 78.0 Å². The standard InChI is InChI=1S/C10H14N2O/c1-3-7-5-8(4-2)12-6-9(7)10(11)13/h5-6H,3-4H2,1-2H3,(H2,11,13). The van der Waals surface area contributed by atoms with Gasteiger partial charge in [0.1, 0.15) is 0 Å². The van der Waals surface area contributed by atoms with Gasteiger partial charge in [0.2, 0.25) is 0 Å². The molecule has 0 fully saturated rings. The summed E-state index contributed by atoms with van der Waals surface area (Å²) in [5.74, 6) is -0.396. The predicted octanol–water partition coefficient (Wildman–Crippen LogP) is 1.31. The summed E-state index contributed by atoms with van der Waals surface area (Å²) in [6.45, 7) is 4.03. The second-order valence-corrected chi connectivity index (χ2v) is 2.90. The van der Waals surface area contributed by atoms with Gasteiger partial charge in [-0.25, -0.2) is 0 Å². The van der Waals surface area contributed by atoms with E-state index in [-0.39, 0.29) is 0 Å². The van der Waals surface area contributed by atoms with Crippen LogP contribution in [0.15, 0.2) is 12.3 Å². The zero-order valence-electron chi connectivity index (χ0n) is 8.00. The third-order valence-electron chi connectivity index (χ3n) is 2.05. The average Bonchev–Trinajstić information content (AvgIpc) is 2.16. The van der Waals surface area contributed by atoms with Crippen molar-refractivity contribution in [1.29, 1.82) is 0 Å². The van der Waals surface area contributed by atoms with Crippen LogP contribution in [0.25, 0.3) is 0 Å². The van der Waals surface area contributed by atoms with Gasteiger partial charge in [-0.05, 0) is 24.5 Å². The fourth-order valence-electron chi connectivity index (χ4n) is 1.25. The van der Waals surface area contributed by atoms with E-state index < -0.39 is 5.91 Å². The molecule has 2 N–H and O–H groups in total. The van der Waals surface area contributed by atoms with Crippen LogP contribution in [0.5, 0.6) is 0 Å². The molecule has 3 nitrogen and oxygen atoms in total. The van der Waals surface area contributed by atoms with E-state index in [1.807, 2.05) is 19.9 Å². The highest BCUT2D eigenvalue weighted by atomic mass is 16.1. The number of nitrogens with two attached hydrogens (primary N) is 1. The maximum absolute atomic E-state index is 11.0. The molecule has 0 saturated heterocycles. The lowest BCUT2D eigenvalue weighted by molar-refractivity contribution is 0.0999. The second kappa shape index (κ2) is 4.03. The number of amides is 1. The molecule has 0 bridgehead atoms. The molecule has 1 aromatic rings. The van der Waals surface area contributed by atoms with Crippen LogP contribution >= 0.6 is 0 Å². The number of aryl methyl sites for hydroxylation is 2. The van der Waals surface area contributed by atoms with Crippen LogP contribution < -0.4 is 5.73 Å². The van der Waals surface area contributed by atoms with E-state index in [1.54, 1.807) is 6.20 Å². The van der Waals surface area contributed by atoms with Crippen LogP contribution in [0, 0.1) is 0 Å².